The zero-order valence-corrected chi connectivity index (χ0v) is 23.1. The number of anilines is 1. The van der Waals surface area contributed by atoms with Crippen LogP contribution >= 0.6 is 11.8 Å². The van der Waals surface area contributed by atoms with Gasteiger partial charge in [-0.2, -0.15) is 5.06 Å². The van der Waals surface area contributed by atoms with E-state index in [0.29, 0.717) is 16.1 Å². The van der Waals surface area contributed by atoms with Crippen LogP contribution in [0, 0.1) is 10.1 Å². The number of thioether (sulfide) groups is 1. The van der Waals surface area contributed by atoms with Gasteiger partial charge in [0.15, 0.2) is 0 Å². The molecule has 3 aromatic carbocycles. The van der Waals surface area contributed by atoms with Crippen LogP contribution in [0.4, 0.5) is 11.4 Å². The molecule has 42 heavy (non-hydrogen) atoms. The molecule has 216 valence electrons. The molecule has 2 fully saturated rings. The number of nitro groups is 1. The first-order valence-corrected chi connectivity index (χ1v) is 13.7. The van der Waals surface area contributed by atoms with Crippen LogP contribution < -0.4 is 4.90 Å². The van der Waals surface area contributed by atoms with Crippen molar-refractivity contribution in [3.8, 4) is 0 Å². The molecular weight excluding hydrogens is 566 g/mol. The van der Waals surface area contributed by atoms with Gasteiger partial charge in [-0.15, -0.1) is 11.8 Å². The number of hydrogen-bond acceptors (Lipinski definition) is 10. The zero-order valence-electron chi connectivity index (χ0n) is 22.3. The Hall–Kier alpha value is -4.75. The molecule has 2 saturated heterocycles. The molecular formula is C29H25N3O9S. The molecule has 2 aliphatic rings. The van der Waals surface area contributed by atoms with Crippen LogP contribution in [0.15, 0.2) is 89.8 Å². The predicted octanol–water partition coefficient (Wildman–Crippen LogP) is 3.64. The van der Waals surface area contributed by atoms with E-state index in [0.717, 1.165) is 16.8 Å². The van der Waals surface area contributed by atoms with E-state index in [2.05, 4.69) is 0 Å². The summed E-state index contributed by atoms with van der Waals surface area (Å²) >= 11 is 1.14. The number of rotatable bonds is 9. The van der Waals surface area contributed by atoms with Gasteiger partial charge in [-0.3, -0.25) is 34.2 Å². The monoisotopic (exact) mass is 591 g/mol. The Balaban J connectivity index is 1.48. The first-order chi connectivity index (χ1) is 20.2. The third kappa shape index (κ3) is 5.56. The Bertz CT molecular complexity index is 1500. The van der Waals surface area contributed by atoms with Crippen molar-refractivity contribution < 1.29 is 38.4 Å². The Kier molecular flexibility index (Phi) is 8.22. The summed E-state index contributed by atoms with van der Waals surface area (Å²) in [4.78, 5) is 71.5. The maximum absolute atomic E-state index is 13.9. The third-order valence-electron chi connectivity index (χ3n) is 6.72. The number of ether oxygens (including phenoxy) is 2. The number of carbonyl (C=O) groups excluding carboxylic acids is 4. The fourth-order valence-corrected chi connectivity index (χ4v) is 6.04. The lowest BCUT2D eigenvalue weighted by molar-refractivity contribution is -0.384. The Morgan fingerprint density at radius 1 is 1.05 bits per heavy atom. The molecule has 5 rings (SSSR count). The maximum atomic E-state index is 13.9. The van der Waals surface area contributed by atoms with Crippen molar-refractivity contribution in [2.24, 2.45) is 0 Å². The average Bonchev–Trinajstić information content (AvgIpc) is 3.52. The molecule has 2 amide bonds. The summed E-state index contributed by atoms with van der Waals surface area (Å²) in [6.07, 6.45) is -0.237. The van der Waals surface area contributed by atoms with E-state index in [1.807, 2.05) is 6.07 Å². The Morgan fingerprint density at radius 3 is 2.31 bits per heavy atom. The van der Waals surface area contributed by atoms with Crippen molar-refractivity contribution in [2.45, 2.75) is 41.9 Å². The number of nitro benzene ring substituents is 1. The average molecular weight is 592 g/mol. The lowest BCUT2D eigenvalue weighted by Gasteiger charge is -2.36. The van der Waals surface area contributed by atoms with E-state index in [1.54, 1.807) is 54.6 Å². The summed E-state index contributed by atoms with van der Waals surface area (Å²) in [6.45, 7) is 0.680. The largest absolute Gasteiger partial charge is 0.456 e. The normalized spacial score (nSPS) is 21.6. The number of carbonyl (C=O) groups is 4. The number of esters is 2. The SMILES string of the molecule is CC(=O)N(c1ccccc1)[C@H]1CON(C2(C(=O)OCc3ccc([N+](=O)[O-])cc3)OC(=O)CC2Sc2ccccc2)C1=O. The quantitative estimate of drug-likeness (QED) is 0.205. The smallest absolute Gasteiger partial charge is 0.376 e. The summed E-state index contributed by atoms with van der Waals surface area (Å²) < 4.78 is 11.2. The molecule has 2 aliphatic heterocycles. The highest BCUT2D eigenvalue weighted by atomic mass is 32.2. The Morgan fingerprint density at radius 2 is 1.69 bits per heavy atom. The van der Waals surface area contributed by atoms with Gasteiger partial charge in [0.2, 0.25) is 5.91 Å². The van der Waals surface area contributed by atoms with Crippen LogP contribution in [0.3, 0.4) is 0 Å². The molecule has 3 aromatic rings. The van der Waals surface area contributed by atoms with E-state index in [4.69, 9.17) is 14.3 Å². The highest BCUT2D eigenvalue weighted by molar-refractivity contribution is 8.00. The number of benzene rings is 3. The highest BCUT2D eigenvalue weighted by Gasteiger charge is 2.66. The van der Waals surface area contributed by atoms with E-state index in [9.17, 15) is 29.3 Å². The van der Waals surface area contributed by atoms with Gasteiger partial charge in [0, 0.05) is 29.6 Å². The fraction of sp³-hybridized carbons (Fsp3) is 0.241. The molecule has 13 heteroatoms. The molecule has 2 unspecified atom stereocenters. The minimum atomic E-state index is -2.32. The molecule has 0 aliphatic carbocycles. The van der Waals surface area contributed by atoms with Gasteiger partial charge in [-0.25, -0.2) is 4.79 Å². The molecule has 2 heterocycles. The van der Waals surface area contributed by atoms with Crippen LogP contribution in [0.1, 0.15) is 18.9 Å². The standard InChI is InChI=1S/C29H25N3O9S/c1-19(33)30(21-8-4-2-5-9-21)24-18-40-31(27(24)35)29(25(16-26(34)41-29)42-23-10-6-3-7-11-23)28(36)39-17-20-12-14-22(15-13-20)32(37)38/h2-15,24-25H,16-18H2,1H3/t24-,25?,29?/m0/s1. The zero-order chi connectivity index (χ0) is 29.9. The maximum Gasteiger partial charge on any atom is 0.376 e. The summed E-state index contributed by atoms with van der Waals surface area (Å²) in [6, 6.07) is 21.7. The van der Waals surface area contributed by atoms with Gasteiger partial charge in [-0.05, 0) is 42.0 Å². The summed E-state index contributed by atoms with van der Waals surface area (Å²) in [5.74, 6) is -3.02. The van der Waals surface area contributed by atoms with Crippen molar-refractivity contribution in [3.05, 3.63) is 101 Å². The first kappa shape index (κ1) is 28.8. The molecule has 0 spiro atoms. The number of para-hydroxylation sites is 1. The minimum Gasteiger partial charge on any atom is -0.456 e. The van der Waals surface area contributed by atoms with Gasteiger partial charge in [0.25, 0.3) is 11.6 Å². The third-order valence-corrected chi connectivity index (χ3v) is 8.04. The van der Waals surface area contributed by atoms with Crippen LogP contribution in [0.2, 0.25) is 0 Å². The van der Waals surface area contributed by atoms with Gasteiger partial charge in [0.1, 0.15) is 19.3 Å². The van der Waals surface area contributed by atoms with Crippen LogP contribution in [-0.2, 0) is 40.1 Å². The predicted molar refractivity (Wildman–Crippen MR) is 149 cm³/mol. The van der Waals surface area contributed by atoms with Crippen molar-refractivity contribution in [1.82, 2.24) is 5.06 Å². The van der Waals surface area contributed by atoms with Gasteiger partial charge in [0.05, 0.1) is 16.6 Å². The molecule has 3 atom stereocenters. The highest BCUT2D eigenvalue weighted by Crippen LogP contribution is 2.45. The fourth-order valence-electron chi connectivity index (χ4n) is 4.78. The second-order valence-corrected chi connectivity index (χ2v) is 10.7. The number of cyclic esters (lactones) is 1. The number of non-ortho nitro benzene ring substituents is 1. The second-order valence-electron chi connectivity index (χ2n) is 9.46. The molecule has 0 saturated carbocycles. The second kappa shape index (κ2) is 12.0. The number of hydroxylamine groups is 2. The molecule has 0 N–H and O–H groups in total. The number of hydrogen-bond donors (Lipinski definition) is 0. The van der Waals surface area contributed by atoms with Crippen LogP contribution in [-0.4, -0.2) is 57.4 Å². The van der Waals surface area contributed by atoms with Crippen molar-refractivity contribution in [3.63, 3.8) is 0 Å². The minimum absolute atomic E-state index is 0.138. The van der Waals surface area contributed by atoms with Gasteiger partial charge >= 0.3 is 17.7 Å². The lowest BCUT2D eigenvalue weighted by Crippen LogP contribution is -2.62. The van der Waals surface area contributed by atoms with Gasteiger partial charge in [-0.1, -0.05) is 36.4 Å². The van der Waals surface area contributed by atoms with Gasteiger partial charge < -0.3 is 9.47 Å². The molecule has 0 aromatic heterocycles. The number of amides is 2. The molecule has 12 nitrogen and oxygen atoms in total. The number of nitrogens with zero attached hydrogens (tertiary/aromatic N) is 3. The van der Waals surface area contributed by atoms with E-state index < -0.39 is 45.7 Å². The topological polar surface area (TPSA) is 146 Å². The van der Waals surface area contributed by atoms with Crippen LogP contribution in [0.5, 0.6) is 0 Å². The summed E-state index contributed by atoms with van der Waals surface area (Å²) in [5, 5.41) is 10.7. The van der Waals surface area contributed by atoms with Crippen molar-refractivity contribution in [2.75, 3.05) is 11.5 Å². The molecule has 0 bridgehead atoms. The summed E-state index contributed by atoms with van der Waals surface area (Å²) in [5.41, 5.74) is -1.58. The van der Waals surface area contributed by atoms with E-state index in [1.165, 1.54) is 36.1 Å². The summed E-state index contributed by atoms with van der Waals surface area (Å²) in [7, 11) is 0. The van der Waals surface area contributed by atoms with E-state index >= 15 is 0 Å². The molecule has 0 radical (unpaired) electrons. The Labute approximate surface area is 244 Å². The van der Waals surface area contributed by atoms with E-state index in [-0.39, 0.29) is 25.3 Å². The van der Waals surface area contributed by atoms with Crippen LogP contribution in [0.25, 0.3) is 0 Å². The van der Waals surface area contributed by atoms with Crippen molar-refractivity contribution in [1.29, 1.82) is 0 Å². The van der Waals surface area contributed by atoms with Crippen molar-refractivity contribution >= 4 is 46.9 Å². The first-order valence-electron chi connectivity index (χ1n) is 12.9. The lowest BCUT2D eigenvalue weighted by atomic mass is 10.1.